The van der Waals surface area contributed by atoms with Crippen LogP contribution in [-0.4, -0.2) is 0 Å². The lowest BCUT2D eigenvalue weighted by atomic mass is 9.85. The Morgan fingerprint density at radius 1 is 1.43 bits per heavy atom. The predicted octanol–water partition coefficient (Wildman–Crippen LogP) is 4.42. The Hall–Kier alpha value is -1.04. The zero-order chi connectivity index (χ0) is 10.7. The molecule has 14 heavy (non-hydrogen) atoms. The van der Waals surface area contributed by atoms with Crippen LogP contribution in [0.15, 0.2) is 47.6 Å². The van der Waals surface area contributed by atoms with Crippen LogP contribution in [-0.2, 0) is 0 Å². The van der Waals surface area contributed by atoms with Gasteiger partial charge >= 0.3 is 0 Å². The molecule has 0 spiro atoms. The van der Waals surface area contributed by atoms with Gasteiger partial charge in [0, 0.05) is 5.92 Å². The Balaban J connectivity index is 2.82. The molecule has 1 aliphatic rings. The van der Waals surface area contributed by atoms with Crippen molar-refractivity contribution in [3.8, 4) is 0 Å². The summed E-state index contributed by atoms with van der Waals surface area (Å²) in [6.45, 7) is 14.4. The van der Waals surface area contributed by atoms with Gasteiger partial charge in [0.1, 0.15) is 0 Å². The Morgan fingerprint density at radius 3 is 2.57 bits per heavy atom. The minimum Gasteiger partial charge on any atom is -0.0998 e. The smallest absolute Gasteiger partial charge is 0.00120 e. The molecule has 0 unspecified atom stereocenters. The van der Waals surface area contributed by atoms with Crippen LogP contribution in [0.4, 0.5) is 0 Å². The highest BCUT2D eigenvalue weighted by Crippen LogP contribution is 2.29. The summed E-state index contributed by atoms with van der Waals surface area (Å²) in [5.74, 6) is 0.535. The number of allylic oxidation sites excluding steroid dienone is 6. The van der Waals surface area contributed by atoms with Crippen molar-refractivity contribution in [2.24, 2.45) is 5.92 Å². The third kappa shape index (κ3) is 2.73. The third-order valence-electron chi connectivity index (χ3n) is 2.71. The highest BCUT2D eigenvalue weighted by atomic mass is 14.2. The van der Waals surface area contributed by atoms with Gasteiger partial charge in [-0.2, -0.15) is 0 Å². The summed E-state index contributed by atoms with van der Waals surface area (Å²) in [7, 11) is 0. The van der Waals surface area contributed by atoms with Gasteiger partial charge in [-0.1, -0.05) is 42.0 Å². The Bertz CT molecular complexity index is 313. The lowest BCUT2D eigenvalue weighted by molar-refractivity contribution is 0.748. The summed E-state index contributed by atoms with van der Waals surface area (Å²) in [6, 6.07) is 0. The highest BCUT2D eigenvalue weighted by Gasteiger charge is 2.13. The van der Waals surface area contributed by atoms with Gasteiger partial charge < -0.3 is 0 Å². The molecule has 76 valence electrons. The lowest BCUT2D eigenvalue weighted by Gasteiger charge is -2.20. The van der Waals surface area contributed by atoms with Gasteiger partial charge in [0.2, 0.25) is 0 Å². The molecule has 1 aliphatic carbocycles. The standard InChI is InChI=1S/C14H20/c1-10(2)8-14-9-13(11(3)4)7-6-12(14)5/h6,9,13H,1,3,7-8H2,2,4-5H3/t13-/m0/s1. The predicted molar refractivity (Wildman–Crippen MR) is 64.2 cm³/mol. The van der Waals surface area contributed by atoms with Gasteiger partial charge in [0.15, 0.2) is 0 Å². The molecule has 0 fully saturated rings. The van der Waals surface area contributed by atoms with Crippen molar-refractivity contribution >= 4 is 0 Å². The fraction of sp³-hybridized carbons (Fsp3) is 0.429. The topological polar surface area (TPSA) is 0 Å². The third-order valence-corrected chi connectivity index (χ3v) is 2.71. The molecule has 0 aromatic carbocycles. The first-order chi connectivity index (χ1) is 6.50. The first-order valence-electron chi connectivity index (χ1n) is 5.18. The van der Waals surface area contributed by atoms with E-state index in [4.69, 9.17) is 0 Å². The minimum atomic E-state index is 0.535. The van der Waals surface area contributed by atoms with E-state index in [1.165, 1.54) is 22.3 Å². The number of rotatable bonds is 3. The van der Waals surface area contributed by atoms with Crippen LogP contribution >= 0.6 is 0 Å². The monoisotopic (exact) mass is 188 g/mol. The van der Waals surface area contributed by atoms with E-state index in [2.05, 4.69) is 46.1 Å². The fourth-order valence-electron chi connectivity index (χ4n) is 1.74. The molecule has 0 saturated carbocycles. The maximum absolute atomic E-state index is 4.02. The summed E-state index contributed by atoms with van der Waals surface area (Å²) in [5, 5.41) is 0. The largest absolute Gasteiger partial charge is 0.0998 e. The molecule has 1 atom stereocenters. The van der Waals surface area contributed by atoms with E-state index < -0.39 is 0 Å². The molecule has 0 aromatic heterocycles. The van der Waals surface area contributed by atoms with Gasteiger partial charge in [-0.3, -0.25) is 0 Å². The van der Waals surface area contributed by atoms with E-state index in [9.17, 15) is 0 Å². The van der Waals surface area contributed by atoms with Crippen LogP contribution < -0.4 is 0 Å². The van der Waals surface area contributed by atoms with Crippen molar-refractivity contribution in [1.29, 1.82) is 0 Å². The van der Waals surface area contributed by atoms with Gasteiger partial charge in [0.05, 0.1) is 0 Å². The summed E-state index contributed by atoms with van der Waals surface area (Å²) >= 11 is 0. The molecule has 0 nitrogen and oxygen atoms in total. The SMILES string of the molecule is C=C(C)CC1=C[C@@H](C(=C)C)CC=C1C. The first kappa shape index (κ1) is 11.0. The zero-order valence-electron chi connectivity index (χ0n) is 9.56. The maximum Gasteiger partial charge on any atom is 0.00120 e. The molecule has 0 bridgehead atoms. The highest BCUT2D eigenvalue weighted by molar-refractivity contribution is 5.37. The van der Waals surface area contributed by atoms with E-state index in [0.717, 1.165) is 12.8 Å². The summed E-state index contributed by atoms with van der Waals surface area (Å²) in [4.78, 5) is 0. The van der Waals surface area contributed by atoms with Crippen molar-refractivity contribution in [2.75, 3.05) is 0 Å². The number of hydrogen-bond acceptors (Lipinski definition) is 0. The van der Waals surface area contributed by atoms with E-state index >= 15 is 0 Å². The molecule has 0 amide bonds. The van der Waals surface area contributed by atoms with Crippen LogP contribution in [0.5, 0.6) is 0 Å². The Morgan fingerprint density at radius 2 is 2.07 bits per heavy atom. The van der Waals surface area contributed by atoms with E-state index in [-0.39, 0.29) is 0 Å². The van der Waals surface area contributed by atoms with E-state index in [0.29, 0.717) is 5.92 Å². The fourth-order valence-corrected chi connectivity index (χ4v) is 1.74. The lowest BCUT2D eigenvalue weighted by Crippen LogP contribution is -2.04. The molecular weight excluding hydrogens is 168 g/mol. The zero-order valence-corrected chi connectivity index (χ0v) is 9.56. The van der Waals surface area contributed by atoms with E-state index in [1.807, 2.05) is 0 Å². The quantitative estimate of drug-likeness (QED) is 0.575. The molecule has 0 aliphatic heterocycles. The normalized spacial score (nSPS) is 21.2. The average Bonchev–Trinajstić information content (AvgIpc) is 2.07. The maximum atomic E-state index is 4.02. The van der Waals surface area contributed by atoms with Crippen molar-refractivity contribution in [3.63, 3.8) is 0 Å². The average molecular weight is 188 g/mol. The summed E-state index contributed by atoms with van der Waals surface area (Å²) in [6.07, 6.45) is 6.79. The second kappa shape index (κ2) is 4.45. The van der Waals surface area contributed by atoms with Crippen molar-refractivity contribution in [1.82, 2.24) is 0 Å². The molecule has 0 heteroatoms. The summed E-state index contributed by atoms with van der Waals surface area (Å²) < 4.78 is 0. The van der Waals surface area contributed by atoms with Crippen LogP contribution in [0.3, 0.4) is 0 Å². The van der Waals surface area contributed by atoms with Gasteiger partial charge in [-0.25, -0.2) is 0 Å². The molecule has 1 rings (SSSR count). The molecule has 0 radical (unpaired) electrons. The van der Waals surface area contributed by atoms with Crippen LogP contribution in [0.25, 0.3) is 0 Å². The molecular formula is C14H20. The van der Waals surface area contributed by atoms with Crippen LogP contribution in [0.2, 0.25) is 0 Å². The van der Waals surface area contributed by atoms with Crippen molar-refractivity contribution in [2.45, 2.75) is 33.6 Å². The second-order valence-corrected chi connectivity index (χ2v) is 4.40. The summed E-state index contributed by atoms with van der Waals surface area (Å²) in [5.41, 5.74) is 5.32. The first-order valence-corrected chi connectivity index (χ1v) is 5.18. The van der Waals surface area contributed by atoms with E-state index in [1.54, 1.807) is 0 Å². The Labute approximate surface area is 87.7 Å². The van der Waals surface area contributed by atoms with Crippen molar-refractivity contribution < 1.29 is 0 Å². The Kier molecular flexibility index (Phi) is 3.51. The second-order valence-electron chi connectivity index (χ2n) is 4.40. The van der Waals surface area contributed by atoms with Gasteiger partial charge in [-0.15, -0.1) is 0 Å². The molecule has 0 heterocycles. The minimum absolute atomic E-state index is 0.535. The molecule has 0 N–H and O–H groups in total. The van der Waals surface area contributed by atoms with Gasteiger partial charge in [0.25, 0.3) is 0 Å². The van der Waals surface area contributed by atoms with Crippen molar-refractivity contribution in [3.05, 3.63) is 47.6 Å². The number of hydrogen-bond donors (Lipinski definition) is 0. The molecule has 0 saturated heterocycles. The van der Waals surface area contributed by atoms with Crippen LogP contribution in [0, 0.1) is 5.92 Å². The van der Waals surface area contributed by atoms with Crippen LogP contribution in [0.1, 0.15) is 33.6 Å². The molecule has 0 aromatic rings. The van der Waals surface area contributed by atoms with Gasteiger partial charge in [-0.05, 0) is 39.2 Å².